The summed E-state index contributed by atoms with van der Waals surface area (Å²) in [5.74, 6) is -1.03. The first kappa shape index (κ1) is 19.3. The van der Waals surface area contributed by atoms with E-state index in [4.69, 9.17) is 14.7 Å². The van der Waals surface area contributed by atoms with Crippen molar-refractivity contribution in [1.29, 1.82) is 0 Å². The van der Waals surface area contributed by atoms with Crippen LogP contribution in [0.3, 0.4) is 0 Å². The third kappa shape index (κ3) is 5.06. The predicted molar refractivity (Wildman–Crippen MR) is 98.2 cm³/mol. The van der Waals surface area contributed by atoms with Gasteiger partial charge in [0.05, 0.1) is 13.0 Å². The van der Waals surface area contributed by atoms with Gasteiger partial charge in [-0.15, -0.1) is 0 Å². The fraction of sp³-hybridized carbons (Fsp3) is 0.474. The van der Waals surface area contributed by atoms with Gasteiger partial charge in [-0.3, -0.25) is 14.8 Å². The van der Waals surface area contributed by atoms with E-state index in [1.807, 2.05) is 24.3 Å². The van der Waals surface area contributed by atoms with E-state index in [-0.39, 0.29) is 12.3 Å². The maximum Gasteiger partial charge on any atom is 0.249 e. The zero-order valence-corrected chi connectivity index (χ0v) is 15.1. The predicted octanol–water partition coefficient (Wildman–Crippen LogP) is 1.42. The van der Waals surface area contributed by atoms with Crippen molar-refractivity contribution in [1.82, 2.24) is 15.8 Å². The van der Waals surface area contributed by atoms with Gasteiger partial charge in [0.2, 0.25) is 11.8 Å². The average molecular weight is 375 g/mol. The Kier molecular flexibility index (Phi) is 6.80. The largest absolute Gasteiger partial charge is 0.381 e. The highest BCUT2D eigenvalue weighted by Gasteiger charge is 2.23. The summed E-state index contributed by atoms with van der Waals surface area (Å²) in [5, 5.41) is 12.7. The summed E-state index contributed by atoms with van der Waals surface area (Å²) in [4.78, 5) is 27.5. The van der Waals surface area contributed by atoms with Crippen molar-refractivity contribution in [3.8, 4) is 0 Å². The summed E-state index contributed by atoms with van der Waals surface area (Å²) in [7, 11) is 0. The second-order valence-electron chi connectivity index (χ2n) is 6.51. The number of hydrogen-bond acceptors (Lipinski definition) is 5. The lowest BCUT2D eigenvalue weighted by molar-refractivity contribution is -0.141. The van der Waals surface area contributed by atoms with Gasteiger partial charge in [-0.25, -0.2) is 5.48 Å². The molecule has 2 amide bonds. The molecule has 146 valence electrons. The van der Waals surface area contributed by atoms with Gasteiger partial charge in [-0.2, -0.15) is 0 Å². The van der Waals surface area contributed by atoms with Gasteiger partial charge >= 0.3 is 0 Å². The maximum absolute atomic E-state index is 12.6. The Morgan fingerprint density at radius 1 is 1.22 bits per heavy atom. The van der Waals surface area contributed by atoms with Crippen molar-refractivity contribution in [2.45, 2.75) is 38.3 Å². The molecule has 0 saturated carbocycles. The zero-order valence-electron chi connectivity index (χ0n) is 15.1. The highest BCUT2D eigenvalue weighted by Crippen LogP contribution is 2.23. The highest BCUT2D eigenvalue weighted by molar-refractivity contribution is 5.88. The number of benzene rings is 1. The first-order valence-corrected chi connectivity index (χ1v) is 9.17. The number of ether oxygens (including phenoxy) is 2. The van der Waals surface area contributed by atoms with Gasteiger partial charge in [0.15, 0.2) is 0 Å². The lowest BCUT2D eigenvalue weighted by Crippen LogP contribution is -2.39. The molecule has 0 saturated heterocycles. The Hall–Kier alpha value is -2.42. The summed E-state index contributed by atoms with van der Waals surface area (Å²) in [5.41, 5.74) is 4.59. The molecular formula is C19H25N3O5. The van der Waals surface area contributed by atoms with Crippen LogP contribution >= 0.6 is 0 Å². The van der Waals surface area contributed by atoms with Crippen molar-refractivity contribution >= 4 is 22.7 Å². The van der Waals surface area contributed by atoms with Crippen LogP contribution in [0.25, 0.3) is 10.9 Å². The number of aromatic amines is 1. The molecule has 0 spiro atoms. The number of amides is 2. The average Bonchev–Trinajstić information content (AvgIpc) is 3.03. The van der Waals surface area contributed by atoms with E-state index in [9.17, 15) is 9.59 Å². The minimum absolute atomic E-state index is 0.237. The molecule has 4 N–H and O–H groups in total. The molecule has 1 aromatic heterocycles. The van der Waals surface area contributed by atoms with E-state index < -0.39 is 12.0 Å². The summed E-state index contributed by atoms with van der Waals surface area (Å²) in [6.07, 6.45) is 1.07. The molecule has 0 radical (unpaired) electrons. The summed E-state index contributed by atoms with van der Waals surface area (Å²) in [6, 6.07) is 7.92. The van der Waals surface area contributed by atoms with Crippen molar-refractivity contribution in [3.63, 3.8) is 0 Å². The summed E-state index contributed by atoms with van der Waals surface area (Å²) in [6.45, 7) is 1.89. The standard InChI is InChI=1S/C19H25N3O5/c23-18(22-25)11-17-19(24)20-12-14-13-5-1-2-6-15(13)21-16(14)7-10-26-8-3-4-9-27-17/h1-2,5-6,17,21,25H,3-4,7-12H2,(H,20,24)(H,22,23). The van der Waals surface area contributed by atoms with Gasteiger partial charge in [-0.1, -0.05) is 18.2 Å². The topological polar surface area (TPSA) is 113 Å². The molecule has 0 bridgehead atoms. The van der Waals surface area contributed by atoms with E-state index in [0.717, 1.165) is 41.4 Å². The molecule has 0 fully saturated rings. The van der Waals surface area contributed by atoms with E-state index in [1.165, 1.54) is 0 Å². The molecule has 2 heterocycles. The Bertz CT molecular complexity index is 789. The number of fused-ring (bicyclic) bond motifs is 3. The zero-order chi connectivity index (χ0) is 19.1. The lowest BCUT2D eigenvalue weighted by Gasteiger charge is -2.18. The van der Waals surface area contributed by atoms with E-state index >= 15 is 0 Å². The van der Waals surface area contributed by atoms with Gasteiger partial charge in [0.1, 0.15) is 6.10 Å². The molecule has 1 aliphatic rings. The quantitative estimate of drug-likeness (QED) is 0.468. The monoisotopic (exact) mass is 375 g/mol. The Balaban J connectivity index is 1.81. The fourth-order valence-corrected chi connectivity index (χ4v) is 3.21. The van der Waals surface area contributed by atoms with Crippen LogP contribution in [0.5, 0.6) is 0 Å². The van der Waals surface area contributed by atoms with Crippen molar-refractivity contribution in [2.75, 3.05) is 19.8 Å². The smallest absolute Gasteiger partial charge is 0.249 e. The Morgan fingerprint density at radius 2 is 2.04 bits per heavy atom. The number of para-hydroxylation sites is 1. The van der Waals surface area contributed by atoms with Crippen molar-refractivity contribution in [3.05, 3.63) is 35.5 Å². The molecule has 1 aromatic carbocycles. The van der Waals surface area contributed by atoms with Gasteiger partial charge < -0.3 is 19.8 Å². The number of hydroxylamine groups is 1. The molecule has 3 rings (SSSR count). The molecule has 0 aliphatic carbocycles. The molecule has 2 aromatic rings. The van der Waals surface area contributed by atoms with Crippen molar-refractivity contribution < 1.29 is 24.3 Å². The van der Waals surface area contributed by atoms with Gasteiger partial charge in [0, 0.05) is 42.8 Å². The number of carbonyl (C=O) groups is 2. The van der Waals surface area contributed by atoms with Crippen LogP contribution in [0.2, 0.25) is 0 Å². The summed E-state index contributed by atoms with van der Waals surface area (Å²) >= 11 is 0. The van der Waals surface area contributed by atoms with Crippen LogP contribution in [-0.2, 0) is 32.0 Å². The third-order valence-corrected chi connectivity index (χ3v) is 4.63. The van der Waals surface area contributed by atoms with Gasteiger partial charge in [0.25, 0.3) is 0 Å². The van der Waals surface area contributed by atoms with E-state index in [2.05, 4.69) is 10.3 Å². The molecule has 27 heavy (non-hydrogen) atoms. The third-order valence-electron chi connectivity index (χ3n) is 4.63. The maximum atomic E-state index is 12.6. The number of aromatic nitrogens is 1. The molecule has 8 nitrogen and oxygen atoms in total. The van der Waals surface area contributed by atoms with Crippen LogP contribution in [0, 0.1) is 0 Å². The van der Waals surface area contributed by atoms with Crippen molar-refractivity contribution in [2.24, 2.45) is 0 Å². The molecule has 1 unspecified atom stereocenters. The molecular weight excluding hydrogens is 350 g/mol. The normalized spacial score (nSPS) is 19.7. The SMILES string of the molecule is O=C(CC1OCCCCOCCc2[nH]c3ccccc3c2CNC1=O)NO. The number of rotatable bonds is 2. The first-order valence-electron chi connectivity index (χ1n) is 9.17. The summed E-state index contributed by atoms with van der Waals surface area (Å²) < 4.78 is 11.3. The molecule has 1 atom stereocenters. The number of H-pyrrole nitrogens is 1. The van der Waals surface area contributed by atoms with Crippen LogP contribution in [-0.4, -0.2) is 47.9 Å². The van der Waals surface area contributed by atoms with Crippen LogP contribution in [0.1, 0.15) is 30.5 Å². The van der Waals surface area contributed by atoms with Crippen LogP contribution < -0.4 is 10.8 Å². The minimum atomic E-state index is -0.949. The number of hydrogen-bond donors (Lipinski definition) is 4. The second kappa shape index (κ2) is 9.50. The lowest BCUT2D eigenvalue weighted by atomic mass is 10.1. The number of carbonyl (C=O) groups excluding carboxylic acids is 2. The highest BCUT2D eigenvalue weighted by atomic mass is 16.5. The molecule has 8 heteroatoms. The molecule has 1 aliphatic heterocycles. The number of nitrogens with one attached hydrogen (secondary N) is 3. The van der Waals surface area contributed by atoms with E-state index in [1.54, 1.807) is 5.48 Å². The first-order chi connectivity index (χ1) is 13.2. The van der Waals surface area contributed by atoms with Gasteiger partial charge in [-0.05, 0) is 24.5 Å². The van der Waals surface area contributed by atoms with Crippen LogP contribution in [0.15, 0.2) is 24.3 Å². The van der Waals surface area contributed by atoms with E-state index in [0.29, 0.717) is 26.4 Å². The Morgan fingerprint density at radius 3 is 2.89 bits per heavy atom. The minimum Gasteiger partial charge on any atom is -0.381 e. The van der Waals surface area contributed by atoms with Crippen LogP contribution in [0.4, 0.5) is 0 Å². The fourth-order valence-electron chi connectivity index (χ4n) is 3.21. The Labute approximate surface area is 157 Å². The second-order valence-corrected chi connectivity index (χ2v) is 6.51.